The number of aryl methyl sites for hydroxylation is 1. The molecule has 1 amide bonds. The Hall–Kier alpha value is -1.97. The molecule has 0 saturated carbocycles. The summed E-state index contributed by atoms with van der Waals surface area (Å²) in [6.07, 6.45) is 1.35. The third kappa shape index (κ3) is 3.92. The van der Waals surface area contributed by atoms with Gasteiger partial charge in [-0.3, -0.25) is 18.7 Å². The van der Waals surface area contributed by atoms with Crippen molar-refractivity contribution in [2.45, 2.75) is 58.9 Å². The summed E-state index contributed by atoms with van der Waals surface area (Å²) in [5, 5.41) is 3.22. The highest BCUT2D eigenvalue weighted by Crippen LogP contribution is 2.37. The van der Waals surface area contributed by atoms with E-state index in [-0.39, 0.29) is 18.1 Å². The molecule has 9 heteroatoms. The Morgan fingerprint density at radius 2 is 2.07 bits per heavy atom. The van der Waals surface area contributed by atoms with Crippen LogP contribution in [0.25, 0.3) is 10.2 Å². The molecule has 0 saturated heterocycles. The first kappa shape index (κ1) is 20.8. The third-order valence-electron chi connectivity index (χ3n) is 4.81. The van der Waals surface area contributed by atoms with E-state index in [9.17, 15) is 14.4 Å². The minimum absolute atomic E-state index is 0.300. The number of methoxy groups -OCH3 is 1. The number of thiophene rings is 1. The molecule has 0 bridgehead atoms. The summed E-state index contributed by atoms with van der Waals surface area (Å²) in [5.41, 5.74) is -0.272. The Morgan fingerprint density at radius 1 is 1.32 bits per heavy atom. The minimum Gasteiger partial charge on any atom is -0.383 e. The molecule has 8 nitrogen and oxygen atoms in total. The van der Waals surface area contributed by atoms with Crippen LogP contribution < -0.4 is 16.6 Å². The standard InChI is InChI=1S/C19H27N3O5S/c1-5-7-21-17-15(12-9-19(2,3)27-11-13(12)28-17)16(24)22(18(21)25)10-14(23)20-6-8-26-4/h5-11H2,1-4H3,(H,20,23). The third-order valence-corrected chi connectivity index (χ3v) is 6.04. The summed E-state index contributed by atoms with van der Waals surface area (Å²) in [4.78, 5) is 40.1. The van der Waals surface area contributed by atoms with E-state index in [1.807, 2.05) is 20.8 Å². The predicted molar refractivity (Wildman–Crippen MR) is 108 cm³/mol. The fourth-order valence-electron chi connectivity index (χ4n) is 3.46. The zero-order valence-electron chi connectivity index (χ0n) is 16.8. The first-order valence-electron chi connectivity index (χ1n) is 9.46. The van der Waals surface area contributed by atoms with Gasteiger partial charge in [0, 0.05) is 31.5 Å². The smallest absolute Gasteiger partial charge is 0.332 e. The first-order chi connectivity index (χ1) is 13.3. The van der Waals surface area contributed by atoms with Crippen molar-refractivity contribution in [2.24, 2.45) is 0 Å². The summed E-state index contributed by atoms with van der Waals surface area (Å²) in [5.74, 6) is -0.383. The highest BCUT2D eigenvalue weighted by atomic mass is 32.1. The summed E-state index contributed by atoms with van der Waals surface area (Å²) in [6.45, 7) is 7.27. The Bertz CT molecular complexity index is 1000. The van der Waals surface area contributed by atoms with Gasteiger partial charge in [0.05, 0.1) is 24.2 Å². The lowest BCUT2D eigenvalue weighted by atomic mass is 9.94. The van der Waals surface area contributed by atoms with E-state index < -0.39 is 11.2 Å². The van der Waals surface area contributed by atoms with E-state index in [4.69, 9.17) is 9.47 Å². The van der Waals surface area contributed by atoms with Crippen molar-refractivity contribution in [3.05, 3.63) is 31.3 Å². The molecular formula is C19H27N3O5S. The van der Waals surface area contributed by atoms with Gasteiger partial charge in [0.2, 0.25) is 5.91 Å². The second-order valence-electron chi connectivity index (χ2n) is 7.58. The Labute approximate surface area is 167 Å². The molecule has 3 heterocycles. The van der Waals surface area contributed by atoms with E-state index >= 15 is 0 Å². The molecule has 0 spiro atoms. The molecule has 1 aliphatic heterocycles. The lowest BCUT2D eigenvalue weighted by molar-refractivity contribution is -0.122. The molecular weight excluding hydrogens is 382 g/mol. The zero-order valence-corrected chi connectivity index (χ0v) is 17.6. The van der Waals surface area contributed by atoms with Gasteiger partial charge in [0.15, 0.2) is 0 Å². The topological polar surface area (TPSA) is 91.6 Å². The van der Waals surface area contributed by atoms with E-state index in [0.29, 0.717) is 42.9 Å². The highest BCUT2D eigenvalue weighted by molar-refractivity contribution is 7.18. The number of carbonyl (C=O) groups is 1. The molecule has 0 atom stereocenters. The zero-order chi connectivity index (χ0) is 20.5. The van der Waals surface area contributed by atoms with Gasteiger partial charge in [0.1, 0.15) is 11.4 Å². The van der Waals surface area contributed by atoms with E-state index in [2.05, 4.69) is 5.32 Å². The minimum atomic E-state index is -0.444. The number of rotatable bonds is 7. The van der Waals surface area contributed by atoms with Crippen LogP contribution in [-0.4, -0.2) is 40.9 Å². The Kier molecular flexibility index (Phi) is 6.07. The second kappa shape index (κ2) is 8.18. The number of hydrogen-bond donors (Lipinski definition) is 1. The maximum atomic E-state index is 13.2. The monoisotopic (exact) mass is 409 g/mol. The van der Waals surface area contributed by atoms with Crippen molar-refractivity contribution in [3.63, 3.8) is 0 Å². The number of nitrogens with one attached hydrogen (secondary N) is 1. The number of hydrogen-bond acceptors (Lipinski definition) is 6. The molecule has 0 aliphatic carbocycles. The van der Waals surface area contributed by atoms with Crippen LogP contribution in [0, 0.1) is 0 Å². The van der Waals surface area contributed by atoms with E-state index in [0.717, 1.165) is 21.4 Å². The van der Waals surface area contributed by atoms with Gasteiger partial charge in [-0.1, -0.05) is 6.92 Å². The fourth-order valence-corrected chi connectivity index (χ4v) is 4.70. The quantitative estimate of drug-likeness (QED) is 0.695. The van der Waals surface area contributed by atoms with Crippen molar-refractivity contribution in [2.75, 3.05) is 20.3 Å². The number of amides is 1. The van der Waals surface area contributed by atoms with Crippen LogP contribution in [0.1, 0.15) is 37.6 Å². The van der Waals surface area contributed by atoms with Crippen molar-refractivity contribution in [1.29, 1.82) is 0 Å². The van der Waals surface area contributed by atoms with Crippen LogP contribution >= 0.6 is 11.3 Å². The van der Waals surface area contributed by atoms with Crippen molar-refractivity contribution < 1.29 is 14.3 Å². The van der Waals surface area contributed by atoms with Crippen molar-refractivity contribution in [1.82, 2.24) is 14.5 Å². The normalized spacial score (nSPS) is 15.6. The van der Waals surface area contributed by atoms with Gasteiger partial charge in [-0.05, 0) is 25.8 Å². The van der Waals surface area contributed by atoms with E-state index in [1.165, 1.54) is 11.3 Å². The van der Waals surface area contributed by atoms with Crippen LogP contribution in [0.4, 0.5) is 0 Å². The van der Waals surface area contributed by atoms with Crippen LogP contribution in [0.2, 0.25) is 0 Å². The summed E-state index contributed by atoms with van der Waals surface area (Å²) < 4.78 is 13.5. The maximum Gasteiger partial charge on any atom is 0.332 e. The van der Waals surface area contributed by atoms with E-state index in [1.54, 1.807) is 11.7 Å². The number of nitrogens with zero attached hydrogens (tertiary/aromatic N) is 2. The van der Waals surface area contributed by atoms with Crippen molar-refractivity contribution >= 4 is 27.5 Å². The number of fused-ring (bicyclic) bond motifs is 3. The predicted octanol–water partition coefficient (Wildman–Crippen LogP) is 1.25. The summed E-state index contributed by atoms with van der Waals surface area (Å²) in [6, 6.07) is 0. The first-order valence-corrected chi connectivity index (χ1v) is 10.3. The molecule has 2 aromatic heterocycles. The van der Waals surface area contributed by atoms with Crippen LogP contribution in [0.5, 0.6) is 0 Å². The van der Waals surface area contributed by atoms with Crippen LogP contribution in [0.3, 0.4) is 0 Å². The van der Waals surface area contributed by atoms with Gasteiger partial charge in [0.25, 0.3) is 5.56 Å². The second-order valence-corrected chi connectivity index (χ2v) is 8.66. The van der Waals surface area contributed by atoms with Gasteiger partial charge >= 0.3 is 5.69 Å². The average molecular weight is 410 g/mol. The molecule has 0 radical (unpaired) electrons. The molecule has 0 aromatic carbocycles. The highest BCUT2D eigenvalue weighted by Gasteiger charge is 2.32. The number of ether oxygens (including phenoxy) is 2. The average Bonchev–Trinajstić information content (AvgIpc) is 3.00. The molecule has 2 aromatic rings. The SMILES string of the molecule is CCCn1c(=O)n(CC(=O)NCCOC)c(=O)c2c3c(sc21)COC(C)(C)C3. The van der Waals surface area contributed by atoms with Crippen LogP contribution in [0.15, 0.2) is 9.59 Å². The van der Waals surface area contributed by atoms with Gasteiger partial charge < -0.3 is 14.8 Å². The lowest BCUT2D eigenvalue weighted by Crippen LogP contribution is -2.44. The molecule has 28 heavy (non-hydrogen) atoms. The van der Waals surface area contributed by atoms with Crippen LogP contribution in [-0.2, 0) is 40.4 Å². The Balaban J connectivity index is 2.13. The van der Waals surface area contributed by atoms with Gasteiger partial charge in [-0.15, -0.1) is 11.3 Å². The largest absolute Gasteiger partial charge is 0.383 e. The van der Waals surface area contributed by atoms with Crippen molar-refractivity contribution in [3.8, 4) is 0 Å². The molecule has 0 fully saturated rings. The van der Waals surface area contributed by atoms with Gasteiger partial charge in [-0.25, -0.2) is 4.79 Å². The maximum absolute atomic E-state index is 13.2. The molecule has 3 rings (SSSR count). The molecule has 1 N–H and O–H groups in total. The molecule has 0 unspecified atom stereocenters. The molecule has 154 valence electrons. The summed E-state index contributed by atoms with van der Waals surface area (Å²) >= 11 is 1.45. The number of aromatic nitrogens is 2. The lowest BCUT2D eigenvalue weighted by Gasteiger charge is -2.29. The molecule has 1 aliphatic rings. The fraction of sp³-hybridized carbons (Fsp3) is 0.632. The Morgan fingerprint density at radius 3 is 2.75 bits per heavy atom. The summed E-state index contributed by atoms with van der Waals surface area (Å²) in [7, 11) is 1.54. The van der Waals surface area contributed by atoms with Gasteiger partial charge in [-0.2, -0.15) is 0 Å². The number of carbonyl (C=O) groups excluding carboxylic acids is 1.